The molecule has 4 rings (SSSR count). The van der Waals surface area contributed by atoms with Gasteiger partial charge in [0.05, 0.1) is 12.1 Å². The van der Waals surface area contributed by atoms with E-state index in [0.29, 0.717) is 17.9 Å². The first-order valence-electron chi connectivity index (χ1n) is 7.38. The maximum Gasteiger partial charge on any atom is 0.222 e. The third-order valence-corrected chi connectivity index (χ3v) is 4.17. The summed E-state index contributed by atoms with van der Waals surface area (Å²) in [4.78, 5) is 4.20. The molecule has 0 fully saturated rings. The Bertz CT molecular complexity index is 829. The third kappa shape index (κ3) is 2.46. The van der Waals surface area contributed by atoms with Crippen LogP contribution in [-0.4, -0.2) is 14.8 Å². The number of nitrogens with one attached hydrogen (secondary N) is 1. The molecule has 1 N–H and O–H groups in total. The Labute approximate surface area is 131 Å². The summed E-state index contributed by atoms with van der Waals surface area (Å²) < 4.78 is 29.1. The van der Waals surface area contributed by atoms with Crippen molar-refractivity contribution in [3.8, 4) is 0 Å². The molecule has 0 saturated heterocycles. The van der Waals surface area contributed by atoms with Gasteiger partial charge in [-0.25, -0.2) is 13.5 Å². The molecule has 0 unspecified atom stereocenters. The molecule has 2 heterocycles. The number of hydrogen-bond acceptors (Lipinski definition) is 3. The van der Waals surface area contributed by atoms with Gasteiger partial charge in [0.15, 0.2) is 0 Å². The lowest BCUT2D eigenvalue weighted by molar-refractivity contribution is 0.415. The van der Waals surface area contributed by atoms with Crippen molar-refractivity contribution >= 4 is 5.95 Å². The van der Waals surface area contributed by atoms with E-state index in [0.717, 1.165) is 5.56 Å². The summed E-state index contributed by atoms with van der Waals surface area (Å²) in [6.07, 6.45) is 2.05. The number of rotatable bonds is 2. The Hall–Kier alpha value is -2.76. The van der Waals surface area contributed by atoms with Crippen LogP contribution in [0.15, 0.2) is 54.9 Å². The number of fused-ring (bicyclic) bond motifs is 1. The molecule has 0 bridgehead atoms. The van der Waals surface area contributed by atoms with Crippen molar-refractivity contribution in [2.45, 2.75) is 18.5 Å². The SMILES string of the molecule is Fc1ccc([C@H]2C[C@H](c3ccccc3F)n3ncnc3N2)cc1. The third-order valence-electron chi connectivity index (χ3n) is 4.17. The molecule has 6 heteroatoms. The Morgan fingerprint density at radius 3 is 2.61 bits per heavy atom. The van der Waals surface area contributed by atoms with Crippen LogP contribution in [0.25, 0.3) is 0 Å². The van der Waals surface area contributed by atoms with Gasteiger partial charge in [-0.3, -0.25) is 0 Å². The Morgan fingerprint density at radius 2 is 1.83 bits per heavy atom. The first kappa shape index (κ1) is 13.9. The normalized spacial score (nSPS) is 19.9. The summed E-state index contributed by atoms with van der Waals surface area (Å²) in [5.74, 6) is 0.0379. The van der Waals surface area contributed by atoms with Crippen molar-refractivity contribution in [3.05, 3.63) is 77.6 Å². The zero-order valence-corrected chi connectivity index (χ0v) is 12.2. The first-order valence-corrected chi connectivity index (χ1v) is 7.38. The summed E-state index contributed by atoms with van der Waals surface area (Å²) in [7, 11) is 0. The van der Waals surface area contributed by atoms with Crippen molar-refractivity contribution in [3.63, 3.8) is 0 Å². The zero-order chi connectivity index (χ0) is 15.8. The topological polar surface area (TPSA) is 42.7 Å². The predicted octanol–water partition coefficient (Wildman–Crippen LogP) is 3.70. The van der Waals surface area contributed by atoms with Gasteiger partial charge < -0.3 is 5.32 Å². The van der Waals surface area contributed by atoms with Gasteiger partial charge in [-0.2, -0.15) is 10.1 Å². The van der Waals surface area contributed by atoms with Gasteiger partial charge >= 0.3 is 0 Å². The highest BCUT2D eigenvalue weighted by Gasteiger charge is 2.31. The van der Waals surface area contributed by atoms with E-state index in [9.17, 15) is 8.78 Å². The fourth-order valence-corrected chi connectivity index (χ4v) is 3.04. The van der Waals surface area contributed by atoms with Crippen LogP contribution in [0.3, 0.4) is 0 Å². The van der Waals surface area contributed by atoms with E-state index < -0.39 is 0 Å². The lowest BCUT2D eigenvalue weighted by Crippen LogP contribution is -2.28. The smallest absolute Gasteiger partial charge is 0.222 e. The van der Waals surface area contributed by atoms with Gasteiger partial charge in [-0.05, 0) is 30.2 Å². The molecule has 0 amide bonds. The Balaban J connectivity index is 1.75. The molecule has 0 spiro atoms. The van der Waals surface area contributed by atoms with Gasteiger partial charge in [0.25, 0.3) is 0 Å². The summed E-state index contributed by atoms with van der Waals surface area (Å²) in [6.45, 7) is 0. The predicted molar refractivity (Wildman–Crippen MR) is 81.9 cm³/mol. The molecule has 23 heavy (non-hydrogen) atoms. The molecule has 116 valence electrons. The van der Waals surface area contributed by atoms with Gasteiger partial charge in [0.2, 0.25) is 5.95 Å². The largest absolute Gasteiger partial charge is 0.348 e. The van der Waals surface area contributed by atoms with Crippen LogP contribution in [0.1, 0.15) is 29.6 Å². The minimum Gasteiger partial charge on any atom is -0.348 e. The average Bonchev–Trinajstić information content (AvgIpc) is 3.04. The van der Waals surface area contributed by atoms with Gasteiger partial charge in [-0.1, -0.05) is 30.3 Å². The molecule has 1 aromatic heterocycles. The minimum absolute atomic E-state index is 0.0862. The molecule has 3 aromatic rings. The van der Waals surface area contributed by atoms with Crippen LogP contribution in [0.2, 0.25) is 0 Å². The maximum absolute atomic E-state index is 14.2. The summed E-state index contributed by atoms with van der Waals surface area (Å²) in [5.41, 5.74) is 1.51. The highest BCUT2D eigenvalue weighted by molar-refractivity contribution is 5.38. The molecule has 2 aromatic carbocycles. The highest BCUT2D eigenvalue weighted by Crippen LogP contribution is 2.37. The fraction of sp³-hybridized carbons (Fsp3) is 0.176. The molecule has 1 aliphatic heterocycles. The van der Waals surface area contributed by atoms with E-state index in [1.165, 1.54) is 24.5 Å². The van der Waals surface area contributed by atoms with Gasteiger partial charge in [0, 0.05) is 5.56 Å². The van der Waals surface area contributed by atoms with Crippen LogP contribution < -0.4 is 5.32 Å². The van der Waals surface area contributed by atoms with Crippen molar-refractivity contribution in [2.24, 2.45) is 0 Å². The second-order valence-electron chi connectivity index (χ2n) is 5.55. The minimum atomic E-state index is -0.279. The number of anilines is 1. The lowest BCUT2D eigenvalue weighted by Gasteiger charge is -2.32. The molecule has 4 nitrogen and oxygen atoms in total. The van der Waals surface area contributed by atoms with Crippen LogP contribution in [0.4, 0.5) is 14.7 Å². The number of hydrogen-bond donors (Lipinski definition) is 1. The first-order chi connectivity index (χ1) is 11.2. The Kier molecular flexibility index (Phi) is 3.29. The summed E-state index contributed by atoms with van der Waals surface area (Å²) in [6, 6.07) is 12.7. The number of aromatic nitrogens is 3. The second kappa shape index (κ2) is 5.46. The van der Waals surface area contributed by atoms with E-state index in [1.54, 1.807) is 28.9 Å². The Morgan fingerprint density at radius 1 is 1.04 bits per heavy atom. The number of benzene rings is 2. The second-order valence-corrected chi connectivity index (χ2v) is 5.55. The molecular formula is C17H14F2N4. The quantitative estimate of drug-likeness (QED) is 0.784. The zero-order valence-electron chi connectivity index (χ0n) is 12.2. The van der Waals surface area contributed by atoms with Crippen molar-refractivity contribution in [1.29, 1.82) is 0 Å². The van der Waals surface area contributed by atoms with E-state index >= 15 is 0 Å². The number of nitrogens with zero attached hydrogens (tertiary/aromatic N) is 3. The van der Waals surface area contributed by atoms with Crippen LogP contribution in [-0.2, 0) is 0 Å². The standard InChI is InChI=1S/C17H14F2N4/c18-12-7-5-11(6-8-12)15-9-16(13-3-1-2-4-14(13)19)23-17(22-15)20-10-21-23/h1-8,10,15-16H,9H2,(H,20,21,22)/t15-,16-/m1/s1. The highest BCUT2D eigenvalue weighted by atomic mass is 19.1. The molecule has 2 atom stereocenters. The van der Waals surface area contributed by atoms with Crippen LogP contribution in [0, 0.1) is 11.6 Å². The van der Waals surface area contributed by atoms with Gasteiger partial charge in [0.1, 0.15) is 18.0 Å². The maximum atomic E-state index is 14.2. The molecule has 0 radical (unpaired) electrons. The van der Waals surface area contributed by atoms with E-state index in [1.807, 2.05) is 6.07 Å². The van der Waals surface area contributed by atoms with Gasteiger partial charge in [-0.15, -0.1) is 0 Å². The number of halogens is 2. The van der Waals surface area contributed by atoms with E-state index in [-0.39, 0.29) is 23.7 Å². The molecule has 0 saturated carbocycles. The average molecular weight is 312 g/mol. The van der Waals surface area contributed by atoms with Crippen LogP contribution >= 0.6 is 0 Å². The summed E-state index contributed by atoms with van der Waals surface area (Å²) in [5, 5.41) is 7.49. The van der Waals surface area contributed by atoms with E-state index in [2.05, 4.69) is 15.4 Å². The fourth-order valence-electron chi connectivity index (χ4n) is 3.04. The van der Waals surface area contributed by atoms with Crippen molar-refractivity contribution in [2.75, 3.05) is 5.32 Å². The van der Waals surface area contributed by atoms with Crippen molar-refractivity contribution in [1.82, 2.24) is 14.8 Å². The van der Waals surface area contributed by atoms with Crippen molar-refractivity contribution < 1.29 is 8.78 Å². The molecule has 1 aliphatic rings. The molecule has 0 aliphatic carbocycles. The summed E-state index contributed by atoms with van der Waals surface area (Å²) >= 11 is 0. The van der Waals surface area contributed by atoms with E-state index in [4.69, 9.17) is 0 Å². The monoisotopic (exact) mass is 312 g/mol. The lowest BCUT2D eigenvalue weighted by atomic mass is 9.93. The molecular weight excluding hydrogens is 298 g/mol. The van der Waals surface area contributed by atoms with Crippen LogP contribution in [0.5, 0.6) is 0 Å².